The molecule has 0 heterocycles. The van der Waals surface area contributed by atoms with Crippen LogP contribution in [0, 0.1) is 0 Å². The van der Waals surface area contributed by atoms with Gasteiger partial charge in [0.2, 0.25) is 0 Å². The molecule has 4 nitrogen and oxygen atoms in total. The fourth-order valence-corrected chi connectivity index (χ4v) is 3.62. The first-order valence-corrected chi connectivity index (χ1v) is 11.3. The van der Waals surface area contributed by atoms with Crippen LogP contribution in [0.15, 0.2) is 24.3 Å². The minimum absolute atomic E-state index is 0. The van der Waals surface area contributed by atoms with E-state index >= 15 is 0 Å². The maximum atomic E-state index is 11.6. The number of rotatable bonds is 15. The number of phosphoric acid groups is 1. The van der Waals surface area contributed by atoms with Gasteiger partial charge < -0.3 is 4.52 Å². The molecule has 0 saturated heterocycles. The van der Waals surface area contributed by atoms with Gasteiger partial charge in [0.25, 0.3) is 0 Å². The number of unbranched alkanes of at least 4 members (excludes halogenated alkanes) is 9. The minimum Gasteiger partial charge on any atom is -0.404 e. The molecule has 0 aliphatic rings. The molecule has 0 saturated carbocycles. The average molecular weight is 400 g/mol. The monoisotopic (exact) mass is 400 g/mol. The Kier molecular flexibility index (Phi) is 15.6. The van der Waals surface area contributed by atoms with Crippen LogP contribution < -0.4 is 4.52 Å². The molecule has 0 aliphatic carbocycles. The summed E-state index contributed by atoms with van der Waals surface area (Å²) in [6.07, 6.45) is 14.4. The Bertz CT molecular complexity index is 493. The molecule has 1 aromatic carbocycles. The molecule has 0 fully saturated rings. The Labute approximate surface area is 170 Å². The van der Waals surface area contributed by atoms with Gasteiger partial charge >= 0.3 is 7.82 Å². The van der Waals surface area contributed by atoms with Crippen LogP contribution in [0.5, 0.6) is 5.75 Å². The van der Waals surface area contributed by atoms with Gasteiger partial charge in [-0.15, -0.1) is 0 Å². The zero-order valence-electron chi connectivity index (χ0n) is 15.9. The van der Waals surface area contributed by atoms with Gasteiger partial charge in [0, 0.05) is 0 Å². The molecule has 0 aliphatic heterocycles. The van der Waals surface area contributed by atoms with E-state index in [1.165, 1.54) is 69.8 Å². The normalized spacial score (nSPS) is 13.0. The highest BCUT2D eigenvalue weighted by Crippen LogP contribution is 2.43. The Hall–Kier alpha value is -0.298. The third-order valence-electron chi connectivity index (χ3n) is 4.26. The quantitative estimate of drug-likeness (QED) is 0.241. The molecule has 6 heteroatoms. The molecular formula is C20H38AlO4P. The van der Waals surface area contributed by atoms with Gasteiger partial charge in [0.1, 0.15) is 5.75 Å². The summed E-state index contributed by atoms with van der Waals surface area (Å²) in [6.45, 7) is 4.05. The van der Waals surface area contributed by atoms with E-state index in [9.17, 15) is 9.46 Å². The van der Waals surface area contributed by atoms with Crippen LogP contribution in [0.4, 0.5) is 0 Å². The Morgan fingerprint density at radius 2 is 1.35 bits per heavy atom. The second-order valence-electron chi connectivity index (χ2n) is 6.55. The standard InChI is InChI=1S/C20H35O4P.Al.3H/c1-3-5-6-7-8-9-10-11-12-13-14-19-15-17-20(18-16-19)24-25(21,22)23-4-2;;;;/h15-18H,3-14H2,1-2H3,(H,21,22);;;;. The molecule has 1 atom stereocenters. The van der Waals surface area contributed by atoms with Crippen molar-refractivity contribution >= 4 is 25.2 Å². The van der Waals surface area contributed by atoms with Gasteiger partial charge in [-0.1, -0.05) is 76.8 Å². The molecule has 0 amide bonds. The fourth-order valence-electron chi connectivity index (χ4n) is 2.86. The predicted octanol–water partition coefficient (Wildman–Crippen LogP) is 5.48. The highest BCUT2D eigenvalue weighted by molar-refractivity contribution is 7.47. The summed E-state index contributed by atoms with van der Waals surface area (Å²) in [6, 6.07) is 7.37. The van der Waals surface area contributed by atoms with Gasteiger partial charge in [-0.05, 0) is 37.5 Å². The number of phosphoric ester groups is 1. The number of aryl methyl sites for hydroxylation is 1. The summed E-state index contributed by atoms with van der Waals surface area (Å²) in [5, 5.41) is 0. The van der Waals surface area contributed by atoms with Crippen LogP contribution in [0.2, 0.25) is 0 Å². The SMILES string of the molecule is CCCCCCCCCCCCc1ccc(OP(=O)(O)OCC)cc1.[AlH3]. The number of hydrogen-bond acceptors (Lipinski definition) is 3. The first-order chi connectivity index (χ1) is 12.1. The molecule has 0 radical (unpaired) electrons. The van der Waals surface area contributed by atoms with Gasteiger partial charge in [0.05, 0.1) is 6.61 Å². The molecule has 150 valence electrons. The summed E-state index contributed by atoms with van der Waals surface area (Å²) in [5.41, 5.74) is 1.23. The maximum absolute atomic E-state index is 11.6. The predicted molar refractivity (Wildman–Crippen MR) is 114 cm³/mol. The second-order valence-corrected chi connectivity index (χ2v) is 7.93. The smallest absolute Gasteiger partial charge is 0.404 e. The molecule has 0 bridgehead atoms. The molecule has 1 N–H and O–H groups in total. The Morgan fingerprint density at radius 3 is 1.85 bits per heavy atom. The van der Waals surface area contributed by atoms with Gasteiger partial charge in [-0.3, -0.25) is 9.42 Å². The maximum Gasteiger partial charge on any atom is 0.527 e. The first-order valence-electron chi connectivity index (χ1n) is 9.83. The summed E-state index contributed by atoms with van der Waals surface area (Å²) in [5.74, 6) is 0.367. The Morgan fingerprint density at radius 1 is 0.846 bits per heavy atom. The van der Waals surface area contributed by atoms with Crippen molar-refractivity contribution in [2.45, 2.75) is 84.5 Å². The van der Waals surface area contributed by atoms with Crippen LogP contribution in [0.1, 0.15) is 83.6 Å². The molecule has 1 aromatic rings. The van der Waals surface area contributed by atoms with Gasteiger partial charge in [-0.2, -0.15) is 0 Å². The van der Waals surface area contributed by atoms with E-state index < -0.39 is 7.82 Å². The van der Waals surface area contributed by atoms with Crippen LogP contribution >= 0.6 is 7.82 Å². The summed E-state index contributed by atoms with van der Waals surface area (Å²) < 4.78 is 21.2. The summed E-state index contributed by atoms with van der Waals surface area (Å²) in [7, 11) is -3.98. The van der Waals surface area contributed by atoms with Crippen LogP contribution in [0.25, 0.3) is 0 Å². The summed E-state index contributed by atoms with van der Waals surface area (Å²) >= 11 is 0. The number of hydrogen-bond donors (Lipinski definition) is 1. The third kappa shape index (κ3) is 13.0. The molecule has 1 unspecified atom stereocenters. The molecule has 26 heavy (non-hydrogen) atoms. The van der Waals surface area contributed by atoms with E-state index in [1.807, 2.05) is 12.1 Å². The van der Waals surface area contributed by atoms with Crippen LogP contribution in [0.3, 0.4) is 0 Å². The van der Waals surface area contributed by atoms with E-state index in [0.717, 1.165) is 6.42 Å². The van der Waals surface area contributed by atoms with E-state index in [-0.39, 0.29) is 24.0 Å². The minimum atomic E-state index is -3.98. The highest BCUT2D eigenvalue weighted by Gasteiger charge is 2.21. The van der Waals surface area contributed by atoms with Crippen molar-refractivity contribution in [3.63, 3.8) is 0 Å². The fraction of sp³-hybridized carbons (Fsp3) is 0.700. The zero-order valence-corrected chi connectivity index (χ0v) is 16.8. The molecular weight excluding hydrogens is 362 g/mol. The number of benzene rings is 1. The molecule has 0 spiro atoms. The third-order valence-corrected chi connectivity index (χ3v) is 5.28. The van der Waals surface area contributed by atoms with Crippen LogP contribution in [-0.2, 0) is 15.5 Å². The van der Waals surface area contributed by atoms with Crippen molar-refractivity contribution in [1.29, 1.82) is 0 Å². The van der Waals surface area contributed by atoms with E-state index in [4.69, 9.17) is 9.05 Å². The first kappa shape index (κ1) is 25.7. The topological polar surface area (TPSA) is 55.8 Å². The lowest BCUT2D eigenvalue weighted by atomic mass is 10.0. The van der Waals surface area contributed by atoms with Crippen molar-refractivity contribution in [3.05, 3.63) is 29.8 Å². The van der Waals surface area contributed by atoms with Crippen LogP contribution in [-0.4, -0.2) is 28.9 Å². The second kappa shape index (κ2) is 15.7. The van der Waals surface area contributed by atoms with Gasteiger partial charge in [0.15, 0.2) is 17.4 Å². The Balaban J connectivity index is 0.00000625. The lowest BCUT2D eigenvalue weighted by Gasteiger charge is -2.12. The van der Waals surface area contributed by atoms with E-state index in [2.05, 4.69) is 6.92 Å². The van der Waals surface area contributed by atoms with Crippen molar-refractivity contribution in [3.8, 4) is 5.75 Å². The lowest BCUT2D eigenvalue weighted by molar-refractivity contribution is 0.213. The molecule has 0 aromatic heterocycles. The largest absolute Gasteiger partial charge is 0.527 e. The lowest BCUT2D eigenvalue weighted by Crippen LogP contribution is -1.97. The average Bonchev–Trinajstić information content (AvgIpc) is 2.57. The van der Waals surface area contributed by atoms with Gasteiger partial charge in [-0.25, -0.2) is 4.57 Å². The van der Waals surface area contributed by atoms with Crippen molar-refractivity contribution in [2.24, 2.45) is 0 Å². The van der Waals surface area contributed by atoms with Crippen molar-refractivity contribution in [1.82, 2.24) is 0 Å². The zero-order chi connectivity index (χ0) is 18.4. The summed E-state index contributed by atoms with van der Waals surface area (Å²) in [4.78, 5) is 9.45. The van der Waals surface area contributed by atoms with Crippen molar-refractivity contribution < 1.29 is 18.5 Å². The van der Waals surface area contributed by atoms with E-state index in [0.29, 0.717) is 5.75 Å². The molecule has 1 rings (SSSR count). The highest BCUT2D eigenvalue weighted by atomic mass is 31.2. The van der Waals surface area contributed by atoms with E-state index in [1.54, 1.807) is 19.1 Å². The van der Waals surface area contributed by atoms with Crippen molar-refractivity contribution in [2.75, 3.05) is 6.61 Å².